The highest BCUT2D eigenvalue weighted by Crippen LogP contribution is 2.29. The summed E-state index contributed by atoms with van der Waals surface area (Å²) in [6.07, 6.45) is 0. The van der Waals surface area contributed by atoms with Gasteiger partial charge in [-0.25, -0.2) is 9.18 Å². The van der Waals surface area contributed by atoms with Gasteiger partial charge in [0.2, 0.25) is 0 Å². The lowest BCUT2D eigenvalue weighted by Gasteiger charge is -2.08. The number of ether oxygens (including phenoxy) is 1. The van der Waals surface area contributed by atoms with E-state index in [1.807, 2.05) is 24.3 Å². The molecule has 0 spiro atoms. The van der Waals surface area contributed by atoms with Crippen molar-refractivity contribution in [3.8, 4) is 11.1 Å². The van der Waals surface area contributed by atoms with Crippen molar-refractivity contribution in [1.82, 2.24) is 0 Å². The van der Waals surface area contributed by atoms with Crippen molar-refractivity contribution in [1.29, 1.82) is 0 Å². The van der Waals surface area contributed by atoms with Gasteiger partial charge in [-0.1, -0.05) is 36.4 Å². The number of methoxy groups -OCH3 is 1. The van der Waals surface area contributed by atoms with Crippen molar-refractivity contribution in [3.63, 3.8) is 0 Å². The van der Waals surface area contributed by atoms with E-state index >= 15 is 0 Å². The molecule has 3 aromatic rings. The monoisotopic (exact) mass is 280 g/mol. The Morgan fingerprint density at radius 1 is 1.00 bits per heavy atom. The lowest BCUT2D eigenvalue weighted by molar-refractivity contribution is 0.0601. The fourth-order valence-corrected chi connectivity index (χ4v) is 2.40. The molecule has 0 heterocycles. The van der Waals surface area contributed by atoms with Crippen LogP contribution in [0.1, 0.15) is 10.4 Å². The molecule has 3 heteroatoms. The number of benzene rings is 3. The molecular weight excluding hydrogens is 267 g/mol. The first-order valence-electron chi connectivity index (χ1n) is 6.56. The van der Waals surface area contributed by atoms with E-state index in [0.717, 1.165) is 21.9 Å². The van der Waals surface area contributed by atoms with Crippen LogP contribution in [0.2, 0.25) is 0 Å². The van der Waals surface area contributed by atoms with Gasteiger partial charge in [0.1, 0.15) is 5.82 Å². The Morgan fingerprint density at radius 3 is 2.48 bits per heavy atom. The molecule has 0 aliphatic heterocycles. The Labute approximate surface area is 121 Å². The third-order valence-electron chi connectivity index (χ3n) is 3.46. The molecule has 3 rings (SSSR count). The Balaban J connectivity index is 2.22. The maximum Gasteiger partial charge on any atom is 0.337 e. The Kier molecular flexibility index (Phi) is 3.40. The molecule has 0 atom stereocenters. The second-order valence-corrected chi connectivity index (χ2v) is 4.74. The average molecular weight is 280 g/mol. The molecule has 0 amide bonds. The van der Waals surface area contributed by atoms with Crippen LogP contribution >= 0.6 is 0 Å². The zero-order valence-corrected chi connectivity index (χ0v) is 11.5. The predicted octanol–water partition coefficient (Wildman–Crippen LogP) is 4.43. The van der Waals surface area contributed by atoms with Crippen molar-refractivity contribution >= 4 is 16.7 Å². The normalized spacial score (nSPS) is 10.6. The van der Waals surface area contributed by atoms with Gasteiger partial charge in [0.05, 0.1) is 12.7 Å². The quantitative estimate of drug-likeness (QED) is 0.649. The summed E-state index contributed by atoms with van der Waals surface area (Å²) < 4.78 is 17.8. The number of fused-ring (bicyclic) bond motifs is 1. The Morgan fingerprint density at radius 2 is 1.76 bits per heavy atom. The molecule has 0 bridgehead atoms. The number of rotatable bonds is 2. The summed E-state index contributed by atoms with van der Waals surface area (Å²) in [4.78, 5) is 11.7. The maximum absolute atomic E-state index is 13.1. The molecule has 0 saturated heterocycles. The summed E-state index contributed by atoms with van der Waals surface area (Å²) in [6.45, 7) is 0. The van der Waals surface area contributed by atoms with Crippen LogP contribution in [0.5, 0.6) is 0 Å². The molecule has 0 saturated carbocycles. The number of carbonyl (C=O) groups excluding carboxylic acids is 1. The maximum atomic E-state index is 13.1. The van der Waals surface area contributed by atoms with Gasteiger partial charge in [0, 0.05) is 0 Å². The van der Waals surface area contributed by atoms with Gasteiger partial charge < -0.3 is 4.74 Å². The van der Waals surface area contributed by atoms with E-state index in [-0.39, 0.29) is 11.8 Å². The van der Waals surface area contributed by atoms with E-state index in [9.17, 15) is 9.18 Å². The molecule has 0 aliphatic rings. The molecule has 2 nitrogen and oxygen atoms in total. The molecule has 0 radical (unpaired) electrons. The topological polar surface area (TPSA) is 26.3 Å². The van der Waals surface area contributed by atoms with Gasteiger partial charge in [-0.05, 0) is 46.2 Å². The molecule has 0 fully saturated rings. The van der Waals surface area contributed by atoms with Gasteiger partial charge in [-0.15, -0.1) is 0 Å². The molecule has 0 N–H and O–H groups in total. The van der Waals surface area contributed by atoms with Crippen LogP contribution < -0.4 is 0 Å². The second-order valence-electron chi connectivity index (χ2n) is 4.74. The Bertz CT molecular complexity index is 807. The van der Waals surface area contributed by atoms with Gasteiger partial charge >= 0.3 is 5.97 Å². The minimum atomic E-state index is -0.370. The van der Waals surface area contributed by atoms with Crippen molar-refractivity contribution in [2.45, 2.75) is 0 Å². The molecule has 0 unspecified atom stereocenters. The number of halogens is 1. The summed E-state index contributed by atoms with van der Waals surface area (Å²) in [5, 5.41) is 1.96. The first-order chi connectivity index (χ1) is 10.2. The zero-order valence-electron chi connectivity index (χ0n) is 11.5. The third-order valence-corrected chi connectivity index (χ3v) is 3.46. The van der Waals surface area contributed by atoms with Gasteiger partial charge in [-0.2, -0.15) is 0 Å². The SMILES string of the molecule is COC(=O)c1ccc2cccc(-c3ccc(F)cc3)c2c1. The summed E-state index contributed by atoms with van der Waals surface area (Å²) in [7, 11) is 1.36. The van der Waals surface area contributed by atoms with E-state index in [1.165, 1.54) is 19.2 Å². The van der Waals surface area contributed by atoms with Crippen LogP contribution in [0.3, 0.4) is 0 Å². The fourth-order valence-electron chi connectivity index (χ4n) is 2.40. The smallest absolute Gasteiger partial charge is 0.337 e. The average Bonchev–Trinajstić information content (AvgIpc) is 2.54. The summed E-state index contributed by atoms with van der Waals surface area (Å²) >= 11 is 0. The molecule has 21 heavy (non-hydrogen) atoms. The summed E-state index contributed by atoms with van der Waals surface area (Å²) in [6, 6.07) is 17.6. The molecule has 0 aromatic heterocycles. The summed E-state index contributed by atoms with van der Waals surface area (Å²) in [5.74, 6) is -0.639. The summed E-state index contributed by atoms with van der Waals surface area (Å²) in [5.41, 5.74) is 2.36. The van der Waals surface area contributed by atoms with E-state index in [2.05, 4.69) is 0 Å². The van der Waals surface area contributed by atoms with Gasteiger partial charge in [0.25, 0.3) is 0 Å². The number of hydrogen-bond donors (Lipinski definition) is 0. The standard InChI is InChI=1S/C18H13FO2/c1-21-18(20)14-6-5-12-3-2-4-16(17(12)11-14)13-7-9-15(19)10-8-13/h2-11H,1H3. The third kappa shape index (κ3) is 2.50. The van der Waals surface area contributed by atoms with Gasteiger partial charge in [-0.3, -0.25) is 0 Å². The number of carbonyl (C=O) groups is 1. The van der Waals surface area contributed by atoms with Crippen LogP contribution in [0.4, 0.5) is 4.39 Å². The highest BCUT2D eigenvalue weighted by atomic mass is 19.1. The minimum Gasteiger partial charge on any atom is -0.465 e. The van der Waals surface area contributed by atoms with Crippen molar-refractivity contribution < 1.29 is 13.9 Å². The van der Waals surface area contributed by atoms with Crippen LogP contribution in [-0.4, -0.2) is 13.1 Å². The van der Waals surface area contributed by atoms with E-state index in [0.29, 0.717) is 5.56 Å². The first kappa shape index (κ1) is 13.3. The second kappa shape index (κ2) is 5.37. The molecule has 3 aromatic carbocycles. The van der Waals surface area contributed by atoms with Crippen LogP contribution in [0, 0.1) is 5.82 Å². The predicted molar refractivity (Wildman–Crippen MR) is 80.7 cm³/mol. The van der Waals surface area contributed by atoms with Crippen LogP contribution in [0.25, 0.3) is 21.9 Å². The fraction of sp³-hybridized carbons (Fsp3) is 0.0556. The Hall–Kier alpha value is -2.68. The van der Waals surface area contributed by atoms with Crippen molar-refractivity contribution in [2.75, 3.05) is 7.11 Å². The van der Waals surface area contributed by atoms with E-state index in [4.69, 9.17) is 4.74 Å². The van der Waals surface area contributed by atoms with Crippen LogP contribution in [-0.2, 0) is 4.74 Å². The minimum absolute atomic E-state index is 0.269. The zero-order chi connectivity index (χ0) is 14.8. The van der Waals surface area contributed by atoms with Crippen molar-refractivity contribution in [3.05, 3.63) is 72.0 Å². The highest BCUT2D eigenvalue weighted by Gasteiger charge is 2.09. The lowest BCUT2D eigenvalue weighted by Crippen LogP contribution is -2.00. The molecular formula is C18H13FO2. The van der Waals surface area contributed by atoms with Crippen molar-refractivity contribution in [2.24, 2.45) is 0 Å². The first-order valence-corrected chi connectivity index (χ1v) is 6.56. The van der Waals surface area contributed by atoms with Crippen LogP contribution in [0.15, 0.2) is 60.7 Å². The molecule has 104 valence electrons. The highest BCUT2D eigenvalue weighted by molar-refractivity contribution is 6.01. The number of esters is 1. The number of hydrogen-bond acceptors (Lipinski definition) is 2. The van der Waals surface area contributed by atoms with E-state index in [1.54, 1.807) is 24.3 Å². The van der Waals surface area contributed by atoms with Gasteiger partial charge in [0.15, 0.2) is 0 Å². The lowest BCUT2D eigenvalue weighted by atomic mass is 9.97. The van der Waals surface area contributed by atoms with E-state index < -0.39 is 0 Å². The largest absolute Gasteiger partial charge is 0.465 e. The molecule has 0 aliphatic carbocycles.